The molecule has 0 aliphatic carbocycles. The highest BCUT2D eigenvalue weighted by atomic mass is 19.4. The number of amides is 1. The van der Waals surface area contributed by atoms with Gasteiger partial charge < -0.3 is 11.1 Å². The van der Waals surface area contributed by atoms with E-state index < -0.39 is 17.6 Å². The van der Waals surface area contributed by atoms with Gasteiger partial charge in [-0.3, -0.25) is 4.79 Å². The van der Waals surface area contributed by atoms with Crippen LogP contribution in [0.3, 0.4) is 0 Å². The zero-order valence-electron chi connectivity index (χ0n) is 15.0. The van der Waals surface area contributed by atoms with Gasteiger partial charge in [0.2, 0.25) is 5.95 Å². The third-order valence-corrected chi connectivity index (χ3v) is 3.86. The van der Waals surface area contributed by atoms with E-state index in [4.69, 9.17) is 5.73 Å². The van der Waals surface area contributed by atoms with Gasteiger partial charge in [-0.2, -0.15) is 13.2 Å². The van der Waals surface area contributed by atoms with E-state index >= 15 is 0 Å². The molecule has 1 amide bonds. The van der Waals surface area contributed by atoms with Gasteiger partial charge in [0.15, 0.2) is 0 Å². The molecular formula is C21H15F3N4O. The number of benzene rings is 2. The van der Waals surface area contributed by atoms with Crippen molar-refractivity contribution in [1.82, 2.24) is 15.3 Å². The van der Waals surface area contributed by atoms with Crippen molar-refractivity contribution in [3.05, 3.63) is 88.7 Å². The minimum Gasteiger partial charge on any atom is -0.368 e. The first-order valence-corrected chi connectivity index (χ1v) is 8.45. The summed E-state index contributed by atoms with van der Waals surface area (Å²) in [6.45, 7) is -0.0264. The number of aromatic nitrogens is 2. The van der Waals surface area contributed by atoms with Crippen LogP contribution in [-0.4, -0.2) is 15.9 Å². The first-order valence-electron chi connectivity index (χ1n) is 8.45. The van der Waals surface area contributed by atoms with Crippen LogP contribution in [-0.2, 0) is 12.7 Å². The van der Waals surface area contributed by atoms with Gasteiger partial charge in [-0.15, -0.1) is 0 Å². The second kappa shape index (κ2) is 8.44. The van der Waals surface area contributed by atoms with Crippen molar-refractivity contribution in [3.8, 4) is 11.8 Å². The first-order chi connectivity index (χ1) is 13.8. The fraction of sp³-hybridized carbons (Fsp3) is 0.0952. The molecule has 0 fully saturated rings. The quantitative estimate of drug-likeness (QED) is 0.665. The molecule has 0 saturated carbocycles. The van der Waals surface area contributed by atoms with Crippen LogP contribution < -0.4 is 11.1 Å². The number of carbonyl (C=O) groups excluding carboxylic acids is 1. The van der Waals surface area contributed by atoms with E-state index in [0.717, 1.165) is 12.1 Å². The Morgan fingerprint density at radius 2 is 1.69 bits per heavy atom. The molecule has 0 saturated heterocycles. The van der Waals surface area contributed by atoms with Crippen molar-refractivity contribution in [2.24, 2.45) is 0 Å². The van der Waals surface area contributed by atoms with Gasteiger partial charge in [0.05, 0.1) is 11.1 Å². The molecule has 3 aromatic rings. The zero-order valence-corrected chi connectivity index (χ0v) is 15.0. The number of nitrogen functional groups attached to an aromatic ring is 1. The maximum Gasteiger partial charge on any atom is 0.416 e. The van der Waals surface area contributed by atoms with Crippen molar-refractivity contribution in [2.45, 2.75) is 12.7 Å². The third kappa shape index (κ3) is 5.56. The van der Waals surface area contributed by atoms with E-state index in [1.165, 1.54) is 24.5 Å². The number of nitrogens with one attached hydrogen (secondary N) is 1. The lowest BCUT2D eigenvalue weighted by Gasteiger charge is -2.10. The molecule has 0 aliphatic rings. The number of nitrogens with two attached hydrogens (primary N) is 1. The number of halogens is 3. The fourth-order valence-corrected chi connectivity index (χ4v) is 2.43. The standard InChI is InChI=1S/C21H15F3N4O/c22-21(23,24)18-6-2-4-15(10-18)11-26-19(29)17-5-1-3-14(9-17)7-8-16-12-27-20(25)28-13-16/h1-6,9-10,12-13H,11H2,(H,26,29)(H2,25,27,28). The highest BCUT2D eigenvalue weighted by Crippen LogP contribution is 2.29. The summed E-state index contributed by atoms with van der Waals surface area (Å²) >= 11 is 0. The average Bonchev–Trinajstić information content (AvgIpc) is 2.71. The molecule has 5 nitrogen and oxygen atoms in total. The number of hydrogen-bond donors (Lipinski definition) is 2. The molecule has 0 atom stereocenters. The summed E-state index contributed by atoms with van der Waals surface area (Å²) < 4.78 is 38.3. The van der Waals surface area contributed by atoms with Gasteiger partial charge in [0.25, 0.3) is 5.91 Å². The summed E-state index contributed by atoms with van der Waals surface area (Å²) in [5, 5.41) is 2.61. The van der Waals surface area contributed by atoms with E-state index in [2.05, 4.69) is 27.1 Å². The van der Waals surface area contributed by atoms with E-state index in [0.29, 0.717) is 22.3 Å². The molecule has 29 heavy (non-hydrogen) atoms. The monoisotopic (exact) mass is 396 g/mol. The molecule has 1 aromatic heterocycles. The molecule has 146 valence electrons. The molecule has 3 rings (SSSR count). The van der Waals surface area contributed by atoms with Crippen LogP contribution in [0.2, 0.25) is 0 Å². The van der Waals surface area contributed by atoms with Crippen LogP contribution in [0, 0.1) is 11.8 Å². The number of nitrogens with zero attached hydrogens (tertiary/aromatic N) is 2. The molecule has 3 N–H and O–H groups in total. The number of alkyl halides is 3. The number of anilines is 1. The highest BCUT2D eigenvalue weighted by molar-refractivity contribution is 5.94. The van der Waals surface area contributed by atoms with Crippen molar-refractivity contribution in [2.75, 3.05) is 5.73 Å². The van der Waals surface area contributed by atoms with Crippen LogP contribution in [0.1, 0.15) is 32.6 Å². The van der Waals surface area contributed by atoms with Crippen molar-refractivity contribution in [1.29, 1.82) is 0 Å². The SMILES string of the molecule is Nc1ncc(C#Cc2cccc(C(=O)NCc3cccc(C(F)(F)F)c3)c2)cn1. The maximum atomic E-state index is 12.8. The van der Waals surface area contributed by atoms with Crippen LogP contribution in [0.5, 0.6) is 0 Å². The topological polar surface area (TPSA) is 80.9 Å². The molecule has 0 spiro atoms. The molecule has 0 aliphatic heterocycles. The second-order valence-electron chi connectivity index (χ2n) is 6.04. The van der Waals surface area contributed by atoms with Gasteiger partial charge in [0, 0.05) is 30.1 Å². The van der Waals surface area contributed by atoms with Crippen molar-refractivity contribution in [3.63, 3.8) is 0 Å². The van der Waals surface area contributed by atoms with Crippen molar-refractivity contribution >= 4 is 11.9 Å². The Labute approximate surface area is 164 Å². The van der Waals surface area contributed by atoms with Gasteiger partial charge in [-0.05, 0) is 35.9 Å². The minimum atomic E-state index is -4.43. The van der Waals surface area contributed by atoms with Gasteiger partial charge in [-0.25, -0.2) is 9.97 Å². The van der Waals surface area contributed by atoms with Gasteiger partial charge >= 0.3 is 6.18 Å². The molecule has 0 radical (unpaired) electrons. The molecule has 0 unspecified atom stereocenters. The van der Waals surface area contributed by atoms with Gasteiger partial charge in [-0.1, -0.05) is 30.0 Å². The molecule has 1 heterocycles. The van der Waals surface area contributed by atoms with E-state index in [1.807, 2.05) is 0 Å². The summed E-state index contributed by atoms with van der Waals surface area (Å²) in [4.78, 5) is 20.0. The average molecular weight is 396 g/mol. The predicted octanol–water partition coefficient (Wildman–Crippen LogP) is 3.41. The molecule has 8 heteroatoms. The summed E-state index contributed by atoms with van der Waals surface area (Å²) in [6.07, 6.45) is -1.45. The minimum absolute atomic E-state index is 0.0264. The van der Waals surface area contributed by atoms with Crippen molar-refractivity contribution < 1.29 is 18.0 Å². The maximum absolute atomic E-state index is 12.8. The van der Waals surface area contributed by atoms with E-state index in [1.54, 1.807) is 24.3 Å². The molecule has 2 aromatic carbocycles. The summed E-state index contributed by atoms with van der Waals surface area (Å²) in [7, 11) is 0. The summed E-state index contributed by atoms with van der Waals surface area (Å²) in [6, 6.07) is 11.4. The predicted molar refractivity (Wildman–Crippen MR) is 101 cm³/mol. The van der Waals surface area contributed by atoms with E-state index in [9.17, 15) is 18.0 Å². The largest absolute Gasteiger partial charge is 0.416 e. The zero-order chi connectivity index (χ0) is 20.9. The van der Waals surface area contributed by atoms with Crippen LogP contribution in [0.25, 0.3) is 0 Å². The molecular weight excluding hydrogens is 381 g/mol. The van der Waals surface area contributed by atoms with Crippen LogP contribution in [0.4, 0.5) is 19.1 Å². The summed E-state index contributed by atoms with van der Waals surface area (Å²) in [5.74, 6) is 5.49. The Morgan fingerprint density at radius 3 is 2.41 bits per heavy atom. The Kier molecular flexibility index (Phi) is 5.79. The lowest BCUT2D eigenvalue weighted by molar-refractivity contribution is -0.137. The second-order valence-corrected chi connectivity index (χ2v) is 6.04. The Balaban J connectivity index is 1.68. The Bertz CT molecular complexity index is 1080. The highest BCUT2D eigenvalue weighted by Gasteiger charge is 2.30. The smallest absolute Gasteiger partial charge is 0.368 e. The normalized spacial score (nSPS) is 10.7. The first kappa shape index (κ1) is 19.9. The lowest BCUT2D eigenvalue weighted by Crippen LogP contribution is -2.23. The summed E-state index contributed by atoms with van der Waals surface area (Å²) in [5.41, 5.74) is 6.52. The number of rotatable bonds is 3. The van der Waals surface area contributed by atoms with Crippen LogP contribution >= 0.6 is 0 Å². The fourth-order valence-electron chi connectivity index (χ4n) is 2.43. The Hall–Kier alpha value is -3.86. The molecule has 0 bridgehead atoms. The van der Waals surface area contributed by atoms with Crippen LogP contribution in [0.15, 0.2) is 60.9 Å². The Morgan fingerprint density at radius 1 is 1.00 bits per heavy atom. The number of hydrogen-bond acceptors (Lipinski definition) is 4. The van der Waals surface area contributed by atoms with E-state index in [-0.39, 0.29) is 12.5 Å². The van der Waals surface area contributed by atoms with Gasteiger partial charge in [0.1, 0.15) is 0 Å². The lowest BCUT2D eigenvalue weighted by atomic mass is 10.1. The number of carbonyl (C=O) groups is 1. The third-order valence-electron chi connectivity index (χ3n) is 3.86.